The van der Waals surface area contributed by atoms with Crippen molar-refractivity contribution in [3.63, 3.8) is 0 Å². The van der Waals surface area contributed by atoms with Crippen molar-refractivity contribution in [2.45, 2.75) is 18.6 Å². The minimum Gasteiger partial charge on any atom is -0.372 e. The molecule has 1 saturated heterocycles. The minimum absolute atomic E-state index is 0.0144. The second-order valence-electron chi connectivity index (χ2n) is 4.50. The van der Waals surface area contributed by atoms with Crippen LogP contribution in [0.3, 0.4) is 0 Å². The maximum atomic E-state index is 11.7. The quantitative estimate of drug-likeness (QED) is 0.691. The van der Waals surface area contributed by atoms with Crippen molar-refractivity contribution in [1.29, 1.82) is 0 Å². The predicted octanol–water partition coefficient (Wildman–Crippen LogP) is 0.289. The number of hydrogen-bond acceptors (Lipinski definition) is 3. The molecule has 0 radical (unpaired) electrons. The molecule has 1 aliphatic heterocycles. The average molecular weight is 252 g/mol. The molecule has 1 saturated carbocycles. The van der Waals surface area contributed by atoms with E-state index in [0.29, 0.717) is 11.8 Å². The van der Waals surface area contributed by atoms with E-state index in [2.05, 4.69) is 15.4 Å². The van der Waals surface area contributed by atoms with Gasteiger partial charge in [0.15, 0.2) is 0 Å². The number of rotatable bonds is 5. The summed E-state index contributed by atoms with van der Waals surface area (Å²) in [6.45, 7) is 0.352. The summed E-state index contributed by atoms with van der Waals surface area (Å²) in [4.78, 5) is 11.4. The Morgan fingerprint density at radius 3 is 2.59 bits per heavy atom. The highest BCUT2D eigenvalue weighted by atomic mass is 19.4. The zero-order valence-corrected chi connectivity index (χ0v) is 9.22. The van der Waals surface area contributed by atoms with E-state index in [1.807, 2.05) is 0 Å². The molecular formula is C10H15F3N2O2. The molecule has 1 amide bonds. The Kier molecular flexibility index (Phi) is 3.58. The lowest BCUT2D eigenvalue weighted by atomic mass is 10.3. The molecule has 0 aromatic heterocycles. The molecule has 2 fully saturated rings. The van der Waals surface area contributed by atoms with Gasteiger partial charge < -0.3 is 15.4 Å². The maximum absolute atomic E-state index is 11.7. The summed E-state index contributed by atoms with van der Waals surface area (Å²) in [5.74, 6) is 0.789. The number of alkyl halides is 3. The van der Waals surface area contributed by atoms with Crippen molar-refractivity contribution < 1.29 is 22.7 Å². The highest BCUT2D eigenvalue weighted by Crippen LogP contribution is 2.41. The Morgan fingerprint density at radius 2 is 2.00 bits per heavy atom. The lowest BCUT2D eigenvalue weighted by Gasteiger charge is -2.09. The average Bonchev–Trinajstić information content (AvgIpc) is 2.69. The molecule has 2 rings (SSSR count). The predicted molar refractivity (Wildman–Crippen MR) is 53.3 cm³/mol. The van der Waals surface area contributed by atoms with Crippen LogP contribution in [0.4, 0.5) is 13.2 Å². The second kappa shape index (κ2) is 4.81. The van der Waals surface area contributed by atoms with E-state index in [4.69, 9.17) is 0 Å². The van der Waals surface area contributed by atoms with Crippen molar-refractivity contribution in [1.82, 2.24) is 10.6 Å². The van der Waals surface area contributed by atoms with E-state index in [1.165, 1.54) is 0 Å². The fraction of sp³-hybridized carbons (Fsp3) is 0.900. The Hall–Kier alpha value is -0.820. The number of fused-ring (bicyclic) bond motifs is 1. The van der Waals surface area contributed by atoms with E-state index in [1.54, 1.807) is 0 Å². The van der Waals surface area contributed by atoms with Gasteiger partial charge in [-0.25, -0.2) is 0 Å². The fourth-order valence-corrected chi connectivity index (χ4v) is 2.24. The van der Waals surface area contributed by atoms with Gasteiger partial charge in [0.1, 0.15) is 6.61 Å². The van der Waals surface area contributed by atoms with Gasteiger partial charge in [-0.15, -0.1) is 0 Å². The second-order valence-corrected chi connectivity index (χ2v) is 4.50. The normalized spacial score (nSPS) is 31.1. The van der Waals surface area contributed by atoms with Crippen LogP contribution in [0.1, 0.15) is 6.42 Å². The molecule has 0 aromatic rings. The van der Waals surface area contributed by atoms with Gasteiger partial charge in [0.05, 0.1) is 6.61 Å². The topological polar surface area (TPSA) is 50.4 Å². The van der Waals surface area contributed by atoms with E-state index in [9.17, 15) is 18.0 Å². The number of carbonyl (C=O) groups excluding carboxylic acids is 1. The third-order valence-electron chi connectivity index (χ3n) is 3.16. The van der Waals surface area contributed by atoms with Gasteiger partial charge in [0.25, 0.3) is 0 Å². The van der Waals surface area contributed by atoms with Gasteiger partial charge in [-0.1, -0.05) is 0 Å². The van der Waals surface area contributed by atoms with E-state index in [0.717, 1.165) is 13.1 Å². The Balaban J connectivity index is 1.53. The smallest absolute Gasteiger partial charge is 0.372 e. The molecule has 0 spiro atoms. The molecule has 0 bridgehead atoms. The van der Waals surface area contributed by atoms with Crippen LogP contribution in [0.5, 0.6) is 0 Å². The molecule has 4 nitrogen and oxygen atoms in total. The van der Waals surface area contributed by atoms with Gasteiger partial charge in [0, 0.05) is 25.6 Å². The van der Waals surface area contributed by atoms with Gasteiger partial charge in [-0.3, -0.25) is 4.79 Å². The van der Waals surface area contributed by atoms with Crippen molar-refractivity contribution in [3.05, 3.63) is 0 Å². The summed E-state index contributed by atoms with van der Waals surface area (Å²) in [7, 11) is 0. The van der Waals surface area contributed by atoms with Crippen LogP contribution in [-0.4, -0.2) is 44.4 Å². The summed E-state index contributed by atoms with van der Waals surface area (Å²) >= 11 is 0. The number of amides is 1. The number of piperidine rings is 1. The molecule has 1 heterocycles. The van der Waals surface area contributed by atoms with Crippen LogP contribution in [0, 0.1) is 11.8 Å². The van der Waals surface area contributed by atoms with E-state index in [-0.39, 0.29) is 25.0 Å². The number of ether oxygens (including phenoxy) is 1. The Morgan fingerprint density at radius 1 is 1.35 bits per heavy atom. The molecule has 17 heavy (non-hydrogen) atoms. The van der Waals surface area contributed by atoms with Crippen LogP contribution < -0.4 is 10.6 Å². The first-order chi connectivity index (χ1) is 7.97. The van der Waals surface area contributed by atoms with Crippen molar-refractivity contribution in [3.8, 4) is 0 Å². The Bertz CT molecular complexity index is 286. The molecule has 7 heteroatoms. The summed E-state index contributed by atoms with van der Waals surface area (Å²) < 4.78 is 39.5. The monoisotopic (exact) mass is 252 g/mol. The number of carbonyl (C=O) groups is 1. The van der Waals surface area contributed by atoms with Crippen LogP contribution in [0.25, 0.3) is 0 Å². The van der Waals surface area contributed by atoms with E-state index >= 15 is 0 Å². The number of hydrogen-bond donors (Lipinski definition) is 2. The summed E-state index contributed by atoms with van der Waals surface area (Å²) in [5.41, 5.74) is 0. The largest absolute Gasteiger partial charge is 0.411 e. The SMILES string of the molecule is O=C(CCOCC(F)(F)F)NC1C2CNCC21. The summed E-state index contributed by atoms with van der Waals surface area (Å²) in [6.07, 6.45) is -4.34. The van der Waals surface area contributed by atoms with Crippen molar-refractivity contribution >= 4 is 5.91 Å². The van der Waals surface area contributed by atoms with Crippen LogP contribution in [0.15, 0.2) is 0 Å². The molecule has 1 aliphatic carbocycles. The van der Waals surface area contributed by atoms with Gasteiger partial charge in [-0.05, 0) is 11.8 Å². The maximum Gasteiger partial charge on any atom is 0.411 e. The number of nitrogens with one attached hydrogen (secondary N) is 2. The fourth-order valence-electron chi connectivity index (χ4n) is 2.24. The first-order valence-corrected chi connectivity index (χ1v) is 5.62. The first kappa shape index (κ1) is 12.6. The first-order valence-electron chi connectivity index (χ1n) is 5.62. The van der Waals surface area contributed by atoms with Crippen molar-refractivity contribution in [2.24, 2.45) is 11.8 Å². The van der Waals surface area contributed by atoms with Gasteiger partial charge in [-0.2, -0.15) is 13.2 Å². The molecule has 2 N–H and O–H groups in total. The van der Waals surface area contributed by atoms with Crippen LogP contribution in [0.2, 0.25) is 0 Å². The summed E-state index contributed by atoms with van der Waals surface area (Å²) in [6, 6.07) is 0.214. The molecule has 0 aromatic carbocycles. The molecule has 2 unspecified atom stereocenters. The third kappa shape index (κ3) is 3.57. The minimum atomic E-state index is -4.32. The third-order valence-corrected chi connectivity index (χ3v) is 3.16. The van der Waals surface area contributed by atoms with Gasteiger partial charge in [0.2, 0.25) is 5.91 Å². The highest BCUT2D eigenvalue weighted by molar-refractivity contribution is 5.76. The molecule has 2 atom stereocenters. The lowest BCUT2D eigenvalue weighted by Crippen LogP contribution is -2.33. The highest BCUT2D eigenvalue weighted by Gasteiger charge is 2.53. The molecule has 98 valence electrons. The Labute approximate surface area is 96.9 Å². The summed E-state index contributed by atoms with van der Waals surface area (Å²) in [5, 5.41) is 6.01. The molecular weight excluding hydrogens is 237 g/mol. The molecule has 2 aliphatic rings. The zero-order chi connectivity index (χ0) is 12.5. The standard InChI is InChI=1S/C10H15F3N2O2/c11-10(12,13)5-17-2-1-8(16)15-9-6-3-14-4-7(6)9/h6-7,9,14H,1-5H2,(H,15,16). The van der Waals surface area contributed by atoms with Crippen LogP contribution >= 0.6 is 0 Å². The zero-order valence-electron chi connectivity index (χ0n) is 9.22. The van der Waals surface area contributed by atoms with E-state index < -0.39 is 12.8 Å². The number of halogens is 3. The van der Waals surface area contributed by atoms with Crippen molar-refractivity contribution in [2.75, 3.05) is 26.3 Å². The lowest BCUT2D eigenvalue weighted by molar-refractivity contribution is -0.174. The van der Waals surface area contributed by atoms with Gasteiger partial charge >= 0.3 is 6.18 Å². The van der Waals surface area contributed by atoms with Crippen LogP contribution in [-0.2, 0) is 9.53 Å².